The van der Waals surface area contributed by atoms with Crippen LogP contribution < -0.4 is 4.68 Å². The number of hydrogen-bond acceptors (Lipinski definition) is 1. The fraction of sp³-hybridized carbons (Fsp3) is 0.0323. The zero-order chi connectivity index (χ0) is 22.5. The monoisotopic (exact) mass is 425 g/mol. The number of aryl methyl sites for hydroxylation is 1. The standard InChI is InChI=1S/C31H25N2/c1-24-17-19-25(20-18-24)23-32-33-30(27-13-7-3-8-14-27)21-29(26-11-5-2-6-12-26)22-31(33)28-15-9-4-10-16-28/h2-23H,1H3/q+1/b32-23+. The molecule has 0 aliphatic heterocycles. The number of benzene rings is 4. The van der Waals surface area contributed by atoms with Gasteiger partial charge in [0.05, 0.1) is 0 Å². The molecule has 4 aromatic carbocycles. The van der Waals surface area contributed by atoms with Crippen molar-refractivity contribution in [1.82, 2.24) is 0 Å². The van der Waals surface area contributed by atoms with Gasteiger partial charge in [0.2, 0.25) is 11.4 Å². The molecule has 0 fully saturated rings. The summed E-state index contributed by atoms with van der Waals surface area (Å²) in [5.74, 6) is 0. The summed E-state index contributed by atoms with van der Waals surface area (Å²) >= 11 is 0. The molecule has 0 atom stereocenters. The van der Waals surface area contributed by atoms with Crippen LogP contribution in [0.1, 0.15) is 11.1 Å². The van der Waals surface area contributed by atoms with Gasteiger partial charge < -0.3 is 0 Å². The Bertz CT molecular complexity index is 1310. The summed E-state index contributed by atoms with van der Waals surface area (Å²) in [6, 6.07) is 44.3. The van der Waals surface area contributed by atoms with Gasteiger partial charge in [0.25, 0.3) is 0 Å². The molecule has 0 amide bonds. The number of nitrogens with zero attached hydrogens (tertiary/aromatic N) is 2. The summed E-state index contributed by atoms with van der Waals surface area (Å²) in [5, 5.41) is 4.99. The third-order valence-electron chi connectivity index (χ3n) is 5.69. The Balaban J connectivity index is 1.76. The molecule has 1 aromatic heterocycles. The van der Waals surface area contributed by atoms with E-state index in [0.717, 1.165) is 33.6 Å². The maximum absolute atomic E-state index is 4.99. The van der Waals surface area contributed by atoms with Gasteiger partial charge in [-0.05, 0) is 57.7 Å². The first-order valence-electron chi connectivity index (χ1n) is 11.2. The molecule has 5 rings (SSSR count). The van der Waals surface area contributed by atoms with Gasteiger partial charge >= 0.3 is 0 Å². The molecule has 0 saturated carbocycles. The third-order valence-corrected chi connectivity index (χ3v) is 5.69. The molecule has 2 heteroatoms. The summed E-state index contributed by atoms with van der Waals surface area (Å²) in [4.78, 5) is 0. The molecule has 0 aliphatic rings. The molecule has 0 aliphatic carbocycles. The predicted octanol–water partition coefficient (Wildman–Crippen LogP) is 7.17. The van der Waals surface area contributed by atoms with E-state index in [1.54, 1.807) is 0 Å². The average Bonchev–Trinajstić information content (AvgIpc) is 2.89. The lowest BCUT2D eigenvalue weighted by atomic mass is 10.00. The molecule has 0 saturated heterocycles. The van der Waals surface area contributed by atoms with Crippen LogP contribution in [0.25, 0.3) is 33.6 Å². The van der Waals surface area contributed by atoms with Crippen LogP contribution in [0, 0.1) is 6.92 Å². The number of rotatable bonds is 5. The first kappa shape index (κ1) is 20.6. The zero-order valence-electron chi connectivity index (χ0n) is 18.6. The highest BCUT2D eigenvalue weighted by atomic mass is 15.3. The molecule has 33 heavy (non-hydrogen) atoms. The summed E-state index contributed by atoms with van der Waals surface area (Å²) in [5.41, 5.74) is 8.97. The van der Waals surface area contributed by atoms with Gasteiger partial charge in [0.1, 0.15) is 6.21 Å². The number of pyridine rings is 1. The van der Waals surface area contributed by atoms with Crippen molar-refractivity contribution in [3.63, 3.8) is 0 Å². The van der Waals surface area contributed by atoms with Crippen LogP contribution in [0.5, 0.6) is 0 Å². The van der Waals surface area contributed by atoms with E-state index in [4.69, 9.17) is 5.10 Å². The van der Waals surface area contributed by atoms with E-state index in [1.807, 2.05) is 18.3 Å². The van der Waals surface area contributed by atoms with Gasteiger partial charge in [0.15, 0.2) is 0 Å². The summed E-state index contributed by atoms with van der Waals surface area (Å²) < 4.78 is 2.05. The lowest BCUT2D eigenvalue weighted by Gasteiger charge is -2.09. The van der Waals surface area contributed by atoms with E-state index < -0.39 is 0 Å². The molecule has 158 valence electrons. The van der Waals surface area contributed by atoms with Crippen LogP contribution in [0.15, 0.2) is 132 Å². The van der Waals surface area contributed by atoms with E-state index in [-0.39, 0.29) is 0 Å². The topological polar surface area (TPSA) is 16.2 Å². The Hall–Kier alpha value is -4.30. The second kappa shape index (κ2) is 9.46. The normalized spacial score (nSPS) is 11.1. The van der Waals surface area contributed by atoms with E-state index in [0.29, 0.717) is 0 Å². The average molecular weight is 426 g/mol. The molecule has 0 bridgehead atoms. The fourth-order valence-electron chi connectivity index (χ4n) is 3.92. The molecule has 1 heterocycles. The van der Waals surface area contributed by atoms with Gasteiger partial charge in [0, 0.05) is 23.3 Å². The third kappa shape index (κ3) is 4.65. The van der Waals surface area contributed by atoms with Crippen molar-refractivity contribution in [3.8, 4) is 33.6 Å². The van der Waals surface area contributed by atoms with Crippen LogP contribution in [0.2, 0.25) is 0 Å². The largest absolute Gasteiger partial charge is 0.246 e. The Kier molecular flexibility index (Phi) is 5.90. The van der Waals surface area contributed by atoms with Crippen LogP contribution in [0.3, 0.4) is 0 Å². The second-order valence-corrected chi connectivity index (χ2v) is 8.08. The van der Waals surface area contributed by atoms with Crippen LogP contribution in [0.4, 0.5) is 0 Å². The molecule has 0 spiro atoms. The zero-order valence-corrected chi connectivity index (χ0v) is 18.6. The summed E-state index contributed by atoms with van der Waals surface area (Å²) in [6.07, 6.45) is 1.93. The first-order valence-corrected chi connectivity index (χ1v) is 11.2. The quantitative estimate of drug-likeness (QED) is 0.210. The van der Waals surface area contributed by atoms with Crippen LogP contribution in [-0.4, -0.2) is 6.21 Å². The molecule has 0 radical (unpaired) electrons. The second-order valence-electron chi connectivity index (χ2n) is 8.08. The van der Waals surface area contributed by atoms with Crippen molar-refractivity contribution in [2.75, 3.05) is 0 Å². The lowest BCUT2D eigenvalue weighted by molar-refractivity contribution is -0.656. The van der Waals surface area contributed by atoms with Crippen molar-refractivity contribution < 1.29 is 4.68 Å². The fourth-order valence-corrected chi connectivity index (χ4v) is 3.92. The molecular formula is C31H25N2+. The maximum Gasteiger partial charge on any atom is 0.246 e. The minimum atomic E-state index is 1.04. The van der Waals surface area contributed by atoms with E-state index >= 15 is 0 Å². The van der Waals surface area contributed by atoms with Crippen molar-refractivity contribution in [2.24, 2.45) is 5.10 Å². The van der Waals surface area contributed by atoms with E-state index in [2.05, 4.69) is 127 Å². The Labute approximate surface area is 195 Å². The smallest absolute Gasteiger partial charge is 0.0622 e. The van der Waals surface area contributed by atoms with Crippen molar-refractivity contribution >= 4 is 6.21 Å². The van der Waals surface area contributed by atoms with Gasteiger partial charge in [-0.25, -0.2) is 0 Å². The highest BCUT2D eigenvalue weighted by Gasteiger charge is 2.23. The number of aromatic nitrogens is 1. The highest BCUT2D eigenvalue weighted by molar-refractivity contribution is 5.79. The van der Waals surface area contributed by atoms with Crippen LogP contribution >= 0.6 is 0 Å². The predicted molar refractivity (Wildman–Crippen MR) is 137 cm³/mol. The summed E-state index contributed by atoms with van der Waals surface area (Å²) in [7, 11) is 0. The van der Waals surface area contributed by atoms with E-state index in [1.165, 1.54) is 11.1 Å². The molecule has 2 nitrogen and oxygen atoms in total. The molecule has 5 aromatic rings. The molecular weight excluding hydrogens is 400 g/mol. The Morgan fingerprint density at radius 1 is 0.515 bits per heavy atom. The molecule has 0 unspecified atom stereocenters. The molecule has 0 N–H and O–H groups in total. The van der Waals surface area contributed by atoms with Crippen molar-refractivity contribution in [2.45, 2.75) is 6.92 Å². The summed E-state index contributed by atoms with van der Waals surface area (Å²) in [6.45, 7) is 2.10. The van der Waals surface area contributed by atoms with Crippen molar-refractivity contribution in [1.29, 1.82) is 0 Å². The number of hydrogen-bond donors (Lipinski definition) is 0. The first-order chi connectivity index (χ1) is 16.3. The lowest BCUT2D eigenvalue weighted by Crippen LogP contribution is -2.34. The van der Waals surface area contributed by atoms with Gasteiger partial charge in [-0.3, -0.25) is 0 Å². The van der Waals surface area contributed by atoms with E-state index in [9.17, 15) is 0 Å². The van der Waals surface area contributed by atoms with Gasteiger partial charge in [-0.15, -0.1) is 0 Å². The maximum atomic E-state index is 4.99. The Morgan fingerprint density at radius 3 is 1.45 bits per heavy atom. The van der Waals surface area contributed by atoms with Gasteiger partial charge in [-0.2, -0.15) is 0 Å². The minimum Gasteiger partial charge on any atom is -0.0622 e. The van der Waals surface area contributed by atoms with Crippen LogP contribution in [-0.2, 0) is 0 Å². The Morgan fingerprint density at radius 2 is 0.970 bits per heavy atom. The van der Waals surface area contributed by atoms with Gasteiger partial charge in [-0.1, -0.05) is 96.6 Å². The SMILES string of the molecule is Cc1ccc(/C=N/[n+]2c(-c3ccccc3)cc(-c3ccccc3)cc2-c2ccccc2)cc1. The van der Waals surface area contributed by atoms with Crippen molar-refractivity contribution in [3.05, 3.63) is 139 Å². The highest BCUT2D eigenvalue weighted by Crippen LogP contribution is 2.29. The minimum absolute atomic E-state index is 1.04.